The Hall–Kier alpha value is -1.22. The van der Waals surface area contributed by atoms with Crippen LogP contribution < -0.4 is 15.0 Å². The van der Waals surface area contributed by atoms with Crippen LogP contribution in [0.15, 0.2) is 24.3 Å². The van der Waals surface area contributed by atoms with E-state index < -0.39 is 0 Å². The van der Waals surface area contributed by atoms with Gasteiger partial charge in [0.05, 0.1) is 6.61 Å². The number of piperazine rings is 1. The molecule has 2 rings (SSSR count). The van der Waals surface area contributed by atoms with Gasteiger partial charge in [-0.15, -0.1) is 0 Å². The van der Waals surface area contributed by atoms with Crippen molar-refractivity contribution in [2.75, 3.05) is 37.7 Å². The minimum atomic E-state index is 0.760. The van der Waals surface area contributed by atoms with Crippen LogP contribution in [0.4, 0.5) is 5.69 Å². The van der Waals surface area contributed by atoms with Crippen molar-refractivity contribution >= 4 is 5.69 Å². The highest BCUT2D eigenvalue weighted by atomic mass is 16.5. The van der Waals surface area contributed by atoms with E-state index in [1.54, 1.807) is 0 Å². The molecular formula is C16H26N2O. The Labute approximate surface area is 116 Å². The van der Waals surface area contributed by atoms with Gasteiger partial charge in [0.15, 0.2) is 0 Å². The van der Waals surface area contributed by atoms with Crippen LogP contribution in [-0.4, -0.2) is 32.8 Å². The van der Waals surface area contributed by atoms with Gasteiger partial charge in [0.25, 0.3) is 0 Å². The van der Waals surface area contributed by atoms with Gasteiger partial charge in [-0.3, -0.25) is 0 Å². The molecule has 0 aliphatic carbocycles. The Kier molecular flexibility index (Phi) is 5.52. The zero-order chi connectivity index (χ0) is 13.5. The molecule has 1 fully saturated rings. The second-order valence-corrected chi connectivity index (χ2v) is 5.62. The molecular weight excluding hydrogens is 236 g/mol. The molecule has 3 heteroatoms. The van der Waals surface area contributed by atoms with Crippen molar-refractivity contribution in [3.05, 3.63) is 24.3 Å². The van der Waals surface area contributed by atoms with Gasteiger partial charge >= 0.3 is 0 Å². The van der Waals surface area contributed by atoms with E-state index in [-0.39, 0.29) is 0 Å². The molecule has 1 heterocycles. The maximum atomic E-state index is 5.85. The molecule has 1 saturated heterocycles. The first-order valence-electron chi connectivity index (χ1n) is 7.44. The monoisotopic (exact) mass is 262 g/mol. The van der Waals surface area contributed by atoms with Crippen molar-refractivity contribution in [3.8, 4) is 5.75 Å². The summed E-state index contributed by atoms with van der Waals surface area (Å²) in [4.78, 5) is 2.41. The Balaban J connectivity index is 1.84. The Morgan fingerprint density at radius 3 is 2.79 bits per heavy atom. The average molecular weight is 262 g/mol. The van der Waals surface area contributed by atoms with E-state index in [1.807, 2.05) is 0 Å². The van der Waals surface area contributed by atoms with Crippen LogP contribution in [0.25, 0.3) is 0 Å². The summed E-state index contributed by atoms with van der Waals surface area (Å²) >= 11 is 0. The van der Waals surface area contributed by atoms with Gasteiger partial charge in [-0.2, -0.15) is 0 Å². The smallest absolute Gasteiger partial charge is 0.121 e. The first kappa shape index (κ1) is 14.2. The van der Waals surface area contributed by atoms with Gasteiger partial charge < -0.3 is 15.0 Å². The average Bonchev–Trinajstić information content (AvgIpc) is 2.45. The molecule has 1 aliphatic rings. The summed E-state index contributed by atoms with van der Waals surface area (Å²) in [5, 5.41) is 3.38. The highest BCUT2D eigenvalue weighted by molar-refractivity contribution is 5.51. The van der Waals surface area contributed by atoms with Crippen molar-refractivity contribution in [2.45, 2.75) is 26.7 Å². The number of nitrogens with one attached hydrogen (secondary N) is 1. The highest BCUT2D eigenvalue weighted by Crippen LogP contribution is 2.21. The van der Waals surface area contributed by atoms with Crippen molar-refractivity contribution in [1.82, 2.24) is 5.32 Å². The molecule has 0 unspecified atom stereocenters. The summed E-state index contributed by atoms with van der Waals surface area (Å²) in [6, 6.07) is 8.49. The van der Waals surface area contributed by atoms with Crippen molar-refractivity contribution < 1.29 is 4.74 Å². The Bertz CT molecular complexity index is 373. The fourth-order valence-electron chi connectivity index (χ4n) is 2.37. The highest BCUT2D eigenvalue weighted by Gasteiger charge is 2.10. The largest absolute Gasteiger partial charge is 0.494 e. The van der Waals surface area contributed by atoms with E-state index in [1.165, 1.54) is 12.1 Å². The summed E-state index contributed by atoms with van der Waals surface area (Å²) < 4.78 is 5.85. The lowest BCUT2D eigenvalue weighted by Crippen LogP contribution is -2.43. The second-order valence-electron chi connectivity index (χ2n) is 5.62. The number of ether oxygens (including phenoxy) is 1. The van der Waals surface area contributed by atoms with Gasteiger partial charge in [0.1, 0.15) is 5.75 Å². The van der Waals surface area contributed by atoms with Crippen LogP contribution in [0.2, 0.25) is 0 Å². The normalized spacial score (nSPS) is 15.8. The second kappa shape index (κ2) is 7.39. The predicted octanol–water partition coefficient (Wildman–Crippen LogP) is 2.91. The number of hydrogen-bond donors (Lipinski definition) is 1. The van der Waals surface area contributed by atoms with Crippen molar-refractivity contribution in [3.63, 3.8) is 0 Å². The zero-order valence-corrected chi connectivity index (χ0v) is 12.2. The van der Waals surface area contributed by atoms with Crippen LogP contribution in [0.1, 0.15) is 26.7 Å². The van der Waals surface area contributed by atoms with Crippen LogP contribution in [-0.2, 0) is 0 Å². The van der Waals surface area contributed by atoms with Crippen molar-refractivity contribution in [1.29, 1.82) is 0 Å². The van der Waals surface area contributed by atoms with Crippen LogP contribution >= 0.6 is 0 Å². The van der Waals surface area contributed by atoms with E-state index in [9.17, 15) is 0 Å². The van der Waals surface area contributed by atoms with Crippen LogP contribution in [0.3, 0.4) is 0 Å². The lowest BCUT2D eigenvalue weighted by molar-refractivity contribution is 0.298. The zero-order valence-electron chi connectivity index (χ0n) is 12.2. The molecule has 19 heavy (non-hydrogen) atoms. The third kappa shape index (κ3) is 4.75. The quantitative estimate of drug-likeness (QED) is 0.798. The molecule has 106 valence electrons. The molecule has 0 spiro atoms. The van der Waals surface area contributed by atoms with Crippen molar-refractivity contribution in [2.24, 2.45) is 5.92 Å². The summed E-state index contributed by atoms with van der Waals surface area (Å²) in [7, 11) is 0. The standard InChI is InChI=1S/C16H26N2O/c1-14(2)5-4-12-19-16-7-3-6-15(13-16)18-10-8-17-9-11-18/h3,6-7,13-14,17H,4-5,8-12H2,1-2H3. The molecule has 0 radical (unpaired) electrons. The fourth-order valence-corrected chi connectivity index (χ4v) is 2.37. The van der Waals surface area contributed by atoms with Crippen LogP contribution in [0.5, 0.6) is 5.75 Å². The lowest BCUT2D eigenvalue weighted by Gasteiger charge is -2.29. The number of nitrogens with zero attached hydrogens (tertiary/aromatic N) is 1. The fraction of sp³-hybridized carbons (Fsp3) is 0.625. The number of hydrogen-bond acceptors (Lipinski definition) is 3. The minimum absolute atomic E-state index is 0.760. The topological polar surface area (TPSA) is 24.5 Å². The molecule has 0 aromatic heterocycles. The Morgan fingerprint density at radius 2 is 2.05 bits per heavy atom. The molecule has 0 atom stereocenters. The third-order valence-corrected chi connectivity index (χ3v) is 3.49. The molecule has 1 N–H and O–H groups in total. The SMILES string of the molecule is CC(C)CCCOc1cccc(N2CCNCC2)c1. The molecule has 1 aromatic rings. The number of rotatable bonds is 6. The molecule has 1 aliphatic heterocycles. The minimum Gasteiger partial charge on any atom is -0.494 e. The summed E-state index contributed by atoms with van der Waals surface area (Å²) in [5.74, 6) is 1.76. The van der Waals surface area contributed by atoms with Crippen LogP contribution in [0, 0.1) is 5.92 Å². The van der Waals surface area contributed by atoms with E-state index in [0.717, 1.165) is 50.9 Å². The number of benzene rings is 1. The maximum Gasteiger partial charge on any atom is 0.121 e. The predicted molar refractivity (Wildman–Crippen MR) is 81.1 cm³/mol. The van der Waals surface area contributed by atoms with E-state index >= 15 is 0 Å². The van der Waals surface area contributed by atoms with Gasteiger partial charge in [-0.25, -0.2) is 0 Å². The van der Waals surface area contributed by atoms with Gasteiger partial charge in [0.2, 0.25) is 0 Å². The maximum absolute atomic E-state index is 5.85. The summed E-state index contributed by atoms with van der Waals surface area (Å²) in [6.45, 7) is 9.63. The summed E-state index contributed by atoms with van der Waals surface area (Å²) in [6.07, 6.45) is 2.37. The first-order chi connectivity index (χ1) is 9.25. The van der Waals surface area contributed by atoms with Gasteiger partial charge in [-0.05, 0) is 30.9 Å². The molecule has 0 saturated carbocycles. The van der Waals surface area contributed by atoms with E-state index in [0.29, 0.717) is 0 Å². The Morgan fingerprint density at radius 1 is 1.26 bits per heavy atom. The summed E-state index contributed by atoms with van der Waals surface area (Å²) in [5.41, 5.74) is 1.28. The molecule has 0 bridgehead atoms. The molecule has 1 aromatic carbocycles. The van der Waals surface area contributed by atoms with Gasteiger partial charge in [0, 0.05) is 37.9 Å². The number of anilines is 1. The first-order valence-corrected chi connectivity index (χ1v) is 7.44. The lowest BCUT2D eigenvalue weighted by atomic mass is 10.1. The molecule has 0 amide bonds. The van der Waals surface area contributed by atoms with E-state index in [2.05, 4.69) is 48.3 Å². The van der Waals surface area contributed by atoms with E-state index in [4.69, 9.17) is 4.74 Å². The van der Waals surface area contributed by atoms with Gasteiger partial charge in [-0.1, -0.05) is 19.9 Å². The molecule has 3 nitrogen and oxygen atoms in total. The third-order valence-electron chi connectivity index (χ3n) is 3.49.